The Hall–Kier alpha value is -1.75. The minimum Gasteiger partial charge on any atom is -0.353 e. The first-order chi connectivity index (χ1) is 8.34. The number of fused-ring (bicyclic) bond motifs is 1. The average Bonchev–Trinajstić information content (AvgIpc) is 2.39. The molecule has 1 aliphatic rings. The highest BCUT2D eigenvalue weighted by atomic mass is 19.1. The lowest BCUT2D eigenvalue weighted by Gasteiger charge is -2.29. The van der Waals surface area contributed by atoms with Crippen LogP contribution in [0.2, 0.25) is 0 Å². The molecule has 1 aromatic carbocycles. The maximum absolute atomic E-state index is 13.3. The molecule has 3 rings (SSSR count). The lowest BCUT2D eigenvalue weighted by Crippen LogP contribution is -2.44. The number of benzene rings is 1. The van der Waals surface area contributed by atoms with Crippen molar-refractivity contribution in [1.82, 2.24) is 15.3 Å². The predicted octanol–water partition coefficient (Wildman–Crippen LogP) is 1.18. The molecule has 0 atom stereocenters. The van der Waals surface area contributed by atoms with Gasteiger partial charge in [-0.3, -0.25) is 0 Å². The van der Waals surface area contributed by atoms with Gasteiger partial charge in [-0.2, -0.15) is 0 Å². The number of piperazine rings is 1. The van der Waals surface area contributed by atoms with Crippen LogP contribution in [-0.4, -0.2) is 36.1 Å². The molecule has 0 spiro atoms. The zero-order chi connectivity index (χ0) is 11.7. The molecule has 5 heteroatoms. The Balaban J connectivity index is 2.11. The first kappa shape index (κ1) is 10.4. The maximum atomic E-state index is 13.3. The van der Waals surface area contributed by atoms with Crippen LogP contribution in [0.15, 0.2) is 24.5 Å². The fraction of sp³-hybridized carbons (Fsp3) is 0.333. The van der Waals surface area contributed by atoms with Gasteiger partial charge in [0.15, 0.2) is 0 Å². The molecule has 17 heavy (non-hydrogen) atoms. The van der Waals surface area contributed by atoms with Crippen LogP contribution in [0.3, 0.4) is 0 Å². The van der Waals surface area contributed by atoms with E-state index in [0.29, 0.717) is 0 Å². The van der Waals surface area contributed by atoms with Crippen LogP contribution >= 0.6 is 0 Å². The van der Waals surface area contributed by atoms with E-state index in [1.807, 2.05) is 0 Å². The highest BCUT2D eigenvalue weighted by molar-refractivity contribution is 5.89. The van der Waals surface area contributed by atoms with Crippen molar-refractivity contribution < 1.29 is 4.39 Å². The molecule has 0 radical (unpaired) electrons. The third-order valence-corrected chi connectivity index (χ3v) is 2.99. The van der Waals surface area contributed by atoms with Crippen LogP contribution in [0.4, 0.5) is 10.2 Å². The zero-order valence-electron chi connectivity index (χ0n) is 9.36. The monoisotopic (exact) mass is 232 g/mol. The topological polar surface area (TPSA) is 41.1 Å². The number of rotatable bonds is 1. The van der Waals surface area contributed by atoms with Gasteiger partial charge in [0, 0.05) is 31.6 Å². The number of nitrogens with zero attached hydrogens (tertiary/aromatic N) is 3. The van der Waals surface area contributed by atoms with Gasteiger partial charge in [-0.25, -0.2) is 14.4 Å². The summed E-state index contributed by atoms with van der Waals surface area (Å²) in [5.74, 6) is 0.583. The molecule has 1 aromatic heterocycles. The number of nitrogens with one attached hydrogen (secondary N) is 1. The average molecular weight is 232 g/mol. The number of hydrogen-bond acceptors (Lipinski definition) is 4. The van der Waals surface area contributed by atoms with Crippen LogP contribution in [0.25, 0.3) is 10.9 Å². The van der Waals surface area contributed by atoms with Crippen molar-refractivity contribution in [3.63, 3.8) is 0 Å². The van der Waals surface area contributed by atoms with Gasteiger partial charge >= 0.3 is 0 Å². The first-order valence-corrected chi connectivity index (χ1v) is 5.70. The van der Waals surface area contributed by atoms with Gasteiger partial charge in [0.2, 0.25) is 0 Å². The van der Waals surface area contributed by atoms with Crippen molar-refractivity contribution in [1.29, 1.82) is 0 Å². The van der Waals surface area contributed by atoms with Crippen molar-refractivity contribution in [3.05, 3.63) is 30.3 Å². The van der Waals surface area contributed by atoms with Crippen molar-refractivity contribution >= 4 is 16.7 Å². The fourth-order valence-electron chi connectivity index (χ4n) is 2.14. The van der Waals surface area contributed by atoms with E-state index in [-0.39, 0.29) is 5.82 Å². The molecule has 2 aromatic rings. The van der Waals surface area contributed by atoms with Gasteiger partial charge in [-0.05, 0) is 18.2 Å². The van der Waals surface area contributed by atoms with E-state index < -0.39 is 0 Å². The van der Waals surface area contributed by atoms with Gasteiger partial charge in [0.1, 0.15) is 18.0 Å². The molecule has 1 saturated heterocycles. The van der Waals surface area contributed by atoms with E-state index in [4.69, 9.17) is 0 Å². The van der Waals surface area contributed by atoms with E-state index in [1.165, 1.54) is 18.5 Å². The Kier molecular flexibility index (Phi) is 2.60. The fourth-order valence-corrected chi connectivity index (χ4v) is 2.14. The Morgan fingerprint density at radius 1 is 1.18 bits per heavy atom. The third-order valence-electron chi connectivity index (χ3n) is 2.99. The summed E-state index contributed by atoms with van der Waals surface area (Å²) in [6.07, 6.45) is 1.54. The number of aromatic nitrogens is 2. The van der Waals surface area contributed by atoms with Crippen LogP contribution in [0, 0.1) is 5.82 Å². The molecule has 4 nitrogen and oxygen atoms in total. The van der Waals surface area contributed by atoms with E-state index in [2.05, 4.69) is 20.2 Å². The molecular formula is C12H13FN4. The standard InChI is InChI=1S/C12H13FN4/c13-9-1-2-11-10(7-9)12(16-8-15-11)17-5-3-14-4-6-17/h1-2,7-8,14H,3-6H2. The molecule has 0 saturated carbocycles. The summed E-state index contributed by atoms with van der Waals surface area (Å²) in [7, 11) is 0. The second-order valence-electron chi connectivity index (χ2n) is 4.10. The summed E-state index contributed by atoms with van der Waals surface area (Å²) in [6.45, 7) is 3.65. The van der Waals surface area contributed by atoms with E-state index in [9.17, 15) is 4.39 Å². The molecule has 88 valence electrons. The number of hydrogen-bond donors (Lipinski definition) is 1. The van der Waals surface area contributed by atoms with Gasteiger partial charge in [-0.15, -0.1) is 0 Å². The van der Waals surface area contributed by atoms with E-state index in [1.54, 1.807) is 6.07 Å². The van der Waals surface area contributed by atoms with Crippen molar-refractivity contribution in [2.45, 2.75) is 0 Å². The molecule has 1 fully saturated rings. The Labute approximate surface area is 98.5 Å². The van der Waals surface area contributed by atoms with Crippen LogP contribution in [0.5, 0.6) is 0 Å². The van der Waals surface area contributed by atoms with Gasteiger partial charge < -0.3 is 10.2 Å². The summed E-state index contributed by atoms with van der Waals surface area (Å²) in [6, 6.07) is 4.63. The summed E-state index contributed by atoms with van der Waals surface area (Å²) < 4.78 is 13.3. The lowest BCUT2D eigenvalue weighted by molar-refractivity contribution is 0.585. The lowest BCUT2D eigenvalue weighted by atomic mass is 10.2. The highest BCUT2D eigenvalue weighted by Gasteiger charge is 2.15. The first-order valence-electron chi connectivity index (χ1n) is 5.70. The minimum atomic E-state index is -0.247. The smallest absolute Gasteiger partial charge is 0.140 e. The maximum Gasteiger partial charge on any atom is 0.140 e. The Morgan fingerprint density at radius 2 is 2.00 bits per heavy atom. The van der Waals surface area contributed by atoms with Crippen molar-refractivity contribution in [2.75, 3.05) is 31.1 Å². The second kappa shape index (κ2) is 4.25. The Morgan fingerprint density at radius 3 is 2.82 bits per heavy atom. The van der Waals surface area contributed by atoms with Crippen LogP contribution < -0.4 is 10.2 Å². The normalized spacial score (nSPS) is 16.4. The molecule has 0 aliphatic carbocycles. The minimum absolute atomic E-state index is 0.247. The molecule has 1 aliphatic heterocycles. The van der Waals surface area contributed by atoms with E-state index >= 15 is 0 Å². The van der Waals surface area contributed by atoms with Crippen LogP contribution in [-0.2, 0) is 0 Å². The summed E-state index contributed by atoms with van der Waals surface area (Å²) in [5.41, 5.74) is 0.787. The molecule has 0 bridgehead atoms. The third kappa shape index (κ3) is 1.93. The Bertz CT molecular complexity index is 537. The SMILES string of the molecule is Fc1ccc2ncnc(N3CCNCC3)c2c1. The van der Waals surface area contributed by atoms with Crippen molar-refractivity contribution in [3.8, 4) is 0 Å². The predicted molar refractivity (Wildman–Crippen MR) is 64.6 cm³/mol. The van der Waals surface area contributed by atoms with Crippen LogP contribution in [0.1, 0.15) is 0 Å². The summed E-state index contributed by atoms with van der Waals surface area (Å²) in [5, 5.41) is 4.07. The van der Waals surface area contributed by atoms with Gasteiger partial charge in [0.05, 0.1) is 5.52 Å². The van der Waals surface area contributed by atoms with Gasteiger partial charge in [0.25, 0.3) is 0 Å². The molecule has 0 amide bonds. The van der Waals surface area contributed by atoms with Gasteiger partial charge in [-0.1, -0.05) is 0 Å². The zero-order valence-corrected chi connectivity index (χ0v) is 9.36. The number of halogens is 1. The van der Waals surface area contributed by atoms with Crippen molar-refractivity contribution in [2.24, 2.45) is 0 Å². The van der Waals surface area contributed by atoms with E-state index in [0.717, 1.165) is 42.9 Å². The number of anilines is 1. The highest BCUT2D eigenvalue weighted by Crippen LogP contribution is 2.23. The molecule has 0 unspecified atom stereocenters. The molecular weight excluding hydrogens is 219 g/mol. The summed E-state index contributed by atoms with van der Waals surface area (Å²) >= 11 is 0. The second-order valence-corrected chi connectivity index (χ2v) is 4.10. The molecule has 2 heterocycles. The quantitative estimate of drug-likeness (QED) is 0.801. The summed E-state index contributed by atoms with van der Waals surface area (Å²) in [4.78, 5) is 10.6. The largest absolute Gasteiger partial charge is 0.353 e. The molecule has 1 N–H and O–H groups in total.